The van der Waals surface area contributed by atoms with Crippen molar-refractivity contribution in [2.24, 2.45) is 0 Å². The SMILES string of the molecule is CCOC(=O)C(F)(F)C(O)c1cccc(C2CC2)c1. The minimum absolute atomic E-state index is 0.0439. The van der Waals surface area contributed by atoms with E-state index in [2.05, 4.69) is 4.74 Å². The molecule has 1 N–H and O–H groups in total. The van der Waals surface area contributed by atoms with E-state index in [0.29, 0.717) is 5.92 Å². The first kappa shape index (κ1) is 13.9. The van der Waals surface area contributed by atoms with Gasteiger partial charge in [0.1, 0.15) is 0 Å². The summed E-state index contributed by atoms with van der Waals surface area (Å²) >= 11 is 0. The van der Waals surface area contributed by atoms with E-state index in [1.807, 2.05) is 6.07 Å². The van der Waals surface area contributed by atoms with Gasteiger partial charge in [0.25, 0.3) is 0 Å². The summed E-state index contributed by atoms with van der Waals surface area (Å²) in [7, 11) is 0. The van der Waals surface area contributed by atoms with E-state index < -0.39 is 18.0 Å². The molecule has 0 bridgehead atoms. The normalized spacial score (nSPS) is 17.1. The summed E-state index contributed by atoms with van der Waals surface area (Å²) in [4.78, 5) is 11.2. The number of carbonyl (C=O) groups is 1. The fourth-order valence-corrected chi connectivity index (χ4v) is 1.95. The van der Waals surface area contributed by atoms with Crippen molar-refractivity contribution in [3.63, 3.8) is 0 Å². The summed E-state index contributed by atoms with van der Waals surface area (Å²) in [5.74, 6) is -5.24. The molecule has 1 fully saturated rings. The lowest BCUT2D eigenvalue weighted by molar-refractivity contribution is -0.189. The Kier molecular flexibility index (Phi) is 3.85. The number of ether oxygens (including phenoxy) is 1. The van der Waals surface area contributed by atoms with Crippen molar-refractivity contribution < 1.29 is 23.4 Å². The number of rotatable bonds is 5. The van der Waals surface area contributed by atoms with Gasteiger partial charge in [0.15, 0.2) is 6.10 Å². The third kappa shape index (κ3) is 2.92. The molecule has 0 aromatic heterocycles. The van der Waals surface area contributed by atoms with Gasteiger partial charge in [0.05, 0.1) is 6.61 Å². The van der Waals surface area contributed by atoms with E-state index in [4.69, 9.17) is 0 Å². The van der Waals surface area contributed by atoms with Crippen LogP contribution in [0.5, 0.6) is 0 Å². The summed E-state index contributed by atoms with van der Waals surface area (Å²) in [6.45, 7) is 1.29. The fourth-order valence-electron chi connectivity index (χ4n) is 1.95. The maximum atomic E-state index is 13.7. The number of benzene rings is 1. The van der Waals surface area contributed by atoms with Gasteiger partial charge in [0, 0.05) is 0 Å². The Morgan fingerprint density at radius 2 is 2.21 bits per heavy atom. The molecule has 0 radical (unpaired) electrons. The van der Waals surface area contributed by atoms with Gasteiger partial charge in [-0.15, -0.1) is 0 Å². The molecule has 104 valence electrons. The van der Waals surface area contributed by atoms with Crippen molar-refractivity contribution in [3.8, 4) is 0 Å². The van der Waals surface area contributed by atoms with Gasteiger partial charge in [0.2, 0.25) is 0 Å². The Morgan fingerprint density at radius 1 is 1.53 bits per heavy atom. The molecular formula is C14H16F2O3. The van der Waals surface area contributed by atoms with Crippen molar-refractivity contribution in [3.05, 3.63) is 35.4 Å². The molecule has 0 amide bonds. The largest absolute Gasteiger partial charge is 0.461 e. The highest BCUT2D eigenvalue weighted by Gasteiger charge is 2.49. The fraction of sp³-hybridized carbons (Fsp3) is 0.500. The number of hydrogen-bond donors (Lipinski definition) is 1. The highest BCUT2D eigenvalue weighted by molar-refractivity contribution is 5.78. The Labute approximate surface area is 110 Å². The molecule has 0 heterocycles. The molecule has 1 unspecified atom stereocenters. The summed E-state index contributed by atoms with van der Waals surface area (Å²) < 4.78 is 31.7. The van der Waals surface area contributed by atoms with E-state index in [0.717, 1.165) is 18.4 Å². The Morgan fingerprint density at radius 3 is 2.79 bits per heavy atom. The predicted molar refractivity (Wildman–Crippen MR) is 65.0 cm³/mol. The monoisotopic (exact) mass is 270 g/mol. The second-order valence-corrected chi connectivity index (χ2v) is 4.69. The molecule has 1 aliphatic rings. The Hall–Kier alpha value is -1.49. The highest BCUT2D eigenvalue weighted by atomic mass is 19.3. The number of carbonyl (C=O) groups excluding carboxylic acids is 1. The number of hydrogen-bond acceptors (Lipinski definition) is 3. The molecule has 0 aliphatic heterocycles. The van der Waals surface area contributed by atoms with Crippen LogP contribution < -0.4 is 0 Å². The van der Waals surface area contributed by atoms with Crippen LogP contribution in [0.2, 0.25) is 0 Å². The van der Waals surface area contributed by atoms with E-state index in [-0.39, 0.29) is 12.2 Å². The zero-order valence-corrected chi connectivity index (χ0v) is 10.6. The van der Waals surface area contributed by atoms with Crippen LogP contribution in [-0.2, 0) is 9.53 Å². The van der Waals surface area contributed by atoms with Crippen LogP contribution in [0, 0.1) is 0 Å². The van der Waals surface area contributed by atoms with E-state index in [1.165, 1.54) is 19.1 Å². The Balaban J connectivity index is 2.19. The van der Waals surface area contributed by atoms with Crippen molar-refractivity contribution >= 4 is 5.97 Å². The average molecular weight is 270 g/mol. The molecular weight excluding hydrogens is 254 g/mol. The van der Waals surface area contributed by atoms with Crippen LogP contribution in [0.1, 0.15) is 42.9 Å². The summed E-state index contributed by atoms with van der Waals surface area (Å²) in [6.07, 6.45) is -0.105. The van der Waals surface area contributed by atoms with Gasteiger partial charge in [-0.05, 0) is 36.8 Å². The molecule has 0 spiro atoms. The minimum atomic E-state index is -3.93. The maximum absolute atomic E-state index is 13.7. The summed E-state index contributed by atoms with van der Waals surface area (Å²) in [5.41, 5.74) is 0.971. The number of esters is 1. The number of halogens is 2. The number of aliphatic hydroxyl groups is 1. The van der Waals surface area contributed by atoms with Crippen LogP contribution >= 0.6 is 0 Å². The molecule has 1 aromatic carbocycles. The van der Waals surface area contributed by atoms with Crippen molar-refractivity contribution in [1.82, 2.24) is 0 Å². The zero-order chi connectivity index (χ0) is 14.0. The predicted octanol–water partition coefficient (Wildman–Crippen LogP) is 2.80. The van der Waals surface area contributed by atoms with Crippen molar-refractivity contribution in [2.75, 3.05) is 6.61 Å². The van der Waals surface area contributed by atoms with Gasteiger partial charge in [-0.25, -0.2) is 4.79 Å². The van der Waals surface area contributed by atoms with Crippen molar-refractivity contribution in [2.45, 2.75) is 37.7 Å². The Bertz CT molecular complexity index is 470. The van der Waals surface area contributed by atoms with Crippen LogP contribution in [-0.4, -0.2) is 23.6 Å². The van der Waals surface area contributed by atoms with E-state index in [1.54, 1.807) is 6.07 Å². The molecule has 3 nitrogen and oxygen atoms in total. The molecule has 2 rings (SSSR count). The lowest BCUT2D eigenvalue weighted by Crippen LogP contribution is -2.37. The van der Waals surface area contributed by atoms with Gasteiger partial charge < -0.3 is 9.84 Å². The number of aliphatic hydroxyl groups excluding tert-OH is 1. The first-order valence-corrected chi connectivity index (χ1v) is 6.29. The van der Waals surface area contributed by atoms with Gasteiger partial charge >= 0.3 is 11.9 Å². The number of alkyl halides is 2. The second kappa shape index (κ2) is 5.25. The standard InChI is InChI=1S/C14H16F2O3/c1-2-19-13(18)14(15,16)12(17)11-5-3-4-10(8-11)9-6-7-9/h3-5,8-9,12,17H,2,6-7H2,1H3. The quantitative estimate of drug-likeness (QED) is 0.837. The molecule has 1 aliphatic carbocycles. The topological polar surface area (TPSA) is 46.5 Å². The van der Waals surface area contributed by atoms with E-state index >= 15 is 0 Å². The molecule has 5 heteroatoms. The summed E-state index contributed by atoms with van der Waals surface area (Å²) in [6, 6.07) is 6.39. The zero-order valence-electron chi connectivity index (χ0n) is 10.6. The maximum Gasteiger partial charge on any atom is 0.380 e. The van der Waals surface area contributed by atoms with Gasteiger partial charge in [-0.2, -0.15) is 8.78 Å². The van der Waals surface area contributed by atoms with E-state index in [9.17, 15) is 18.7 Å². The third-order valence-corrected chi connectivity index (χ3v) is 3.17. The lowest BCUT2D eigenvalue weighted by Gasteiger charge is -2.21. The highest BCUT2D eigenvalue weighted by Crippen LogP contribution is 2.41. The molecule has 19 heavy (non-hydrogen) atoms. The van der Waals surface area contributed by atoms with Crippen LogP contribution in [0.3, 0.4) is 0 Å². The third-order valence-electron chi connectivity index (χ3n) is 3.17. The first-order chi connectivity index (χ1) is 8.96. The molecule has 1 aromatic rings. The van der Waals surface area contributed by atoms with Gasteiger partial charge in [-0.3, -0.25) is 0 Å². The molecule has 1 atom stereocenters. The van der Waals surface area contributed by atoms with Crippen molar-refractivity contribution in [1.29, 1.82) is 0 Å². The molecule has 0 saturated heterocycles. The van der Waals surface area contributed by atoms with Crippen LogP contribution in [0.25, 0.3) is 0 Å². The lowest BCUT2D eigenvalue weighted by atomic mass is 9.99. The van der Waals surface area contributed by atoms with Gasteiger partial charge in [-0.1, -0.05) is 24.3 Å². The summed E-state index contributed by atoms with van der Waals surface area (Å²) in [5, 5.41) is 9.72. The van der Waals surface area contributed by atoms with Crippen LogP contribution in [0.15, 0.2) is 24.3 Å². The minimum Gasteiger partial charge on any atom is -0.461 e. The second-order valence-electron chi connectivity index (χ2n) is 4.69. The molecule has 1 saturated carbocycles. The van der Waals surface area contributed by atoms with Crippen LogP contribution in [0.4, 0.5) is 8.78 Å². The first-order valence-electron chi connectivity index (χ1n) is 6.29. The smallest absolute Gasteiger partial charge is 0.380 e. The average Bonchev–Trinajstić information content (AvgIpc) is 3.22.